The Morgan fingerprint density at radius 3 is 1.43 bits per heavy atom. The van der Waals surface area contributed by atoms with Gasteiger partial charge in [0.2, 0.25) is 0 Å². The minimum absolute atomic E-state index is 0.0825. The molecule has 2 saturated heterocycles. The Kier molecular flexibility index (Phi) is 12.1. The molecule has 46 heavy (non-hydrogen) atoms. The zero-order valence-corrected chi connectivity index (χ0v) is 30.1. The number of nitrogens with zero attached hydrogens (tertiary/aromatic N) is 2. The molecule has 1 spiro atoms. The van der Waals surface area contributed by atoms with Crippen LogP contribution in [0.25, 0.3) is 0 Å². The van der Waals surface area contributed by atoms with E-state index in [1.54, 1.807) is 0 Å². The molecule has 2 aliphatic heterocycles. The van der Waals surface area contributed by atoms with Crippen molar-refractivity contribution in [2.45, 2.75) is 129 Å². The van der Waals surface area contributed by atoms with Gasteiger partial charge in [-0.25, -0.2) is 0 Å². The number of ether oxygens (including phenoxy) is 4. The molecular weight excluding hydrogens is 580 g/mol. The van der Waals surface area contributed by atoms with E-state index in [2.05, 4.69) is 116 Å². The van der Waals surface area contributed by atoms with Crippen molar-refractivity contribution in [1.29, 1.82) is 0 Å². The number of hydrogen-bond donors (Lipinski definition) is 0. The SMILES string of the molecule is CC(ON1C(C)(C)COCCCOC2(CC(C)(C)N(OC(C)c3ccccc3)C(C)(C)C2)OCCOCC1(C)C)c1ccccc1. The van der Waals surface area contributed by atoms with Crippen molar-refractivity contribution in [2.24, 2.45) is 0 Å². The summed E-state index contributed by atoms with van der Waals surface area (Å²) in [5, 5.41) is 4.24. The lowest BCUT2D eigenvalue weighted by atomic mass is 9.77. The molecule has 2 heterocycles. The van der Waals surface area contributed by atoms with Gasteiger partial charge in [-0.3, -0.25) is 9.68 Å². The molecule has 0 bridgehead atoms. The summed E-state index contributed by atoms with van der Waals surface area (Å²) in [6.07, 6.45) is 1.86. The molecule has 0 aromatic heterocycles. The Morgan fingerprint density at radius 2 is 0.957 bits per heavy atom. The Bertz CT molecular complexity index is 1180. The van der Waals surface area contributed by atoms with Crippen molar-refractivity contribution >= 4 is 0 Å². The highest BCUT2D eigenvalue weighted by molar-refractivity contribution is 5.18. The second-order valence-electron chi connectivity index (χ2n) is 15.6. The number of benzene rings is 2. The first-order valence-electron chi connectivity index (χ1n) is 17.0. The van der Waals surface area contributed by atoms with Gasteiger partial charge in [0.05, 0.1) is 44.1 Å². The second kappa shape index (κ2) is 15.1. The van der Waals surface area contributed by atoms with E-state index in [1.165, 1.54) is 0 Å². The maximum atomic E-state index is 6.70. The van der Waals surface area contributed by atoms with E-state index in [-0.39, 0.29) is 23.3 Å². The van der Waals surface area contributed by atoms with Gasteiger partial charge in [0.1, 0.15) is 12.2 Å². The van der Waals surface area contributed by atoms with Crippen LogP contribution in [0, 0.1) is 0 Å². The maximum Gasteiger partial charge on any atom is 0.172 e. The third-order valence-electron chi connectivity index (χ3n) is 8.97. The van der Waals surface area contributed by atoms with Gasteiger partial charge < -0.3 is 18.9 Å². The normalized spacial score (nSPS) is 25.6. The van der Waals surface area contributed by atoms with Gasteiger partial charge in [-0.1, -0.05) is 60.7 Å². The largest absolute Gasteiger partial charge is 0.379 e. The van der Waals surface area contributed by atoms with E-state index in [9.17, 15) is 0 Å². The average Bonchev–Trinajstić information content (AvgIpc) is 2.99. The fourth-order valence-corrected chi connectivity index (χ4v) is 7.33. The van der Waals surface area contributed by atoms with Crippen molar-refractivity contribution in [3.8, 4) is 0 Å². The van der Waals surface area contributed by atoms with Crippen LogP contribution in [-0.4, -0.2) is 77.7 Å². The Labute approximate surface area is 278 Å². The summed E-state index contributed by atoms with van der Waals surface area (Å²) in [6.45, 7) is 24.6. The highest BCUT2D eigenvalue weighted by atomic mass is 16.7. The third-order valence-corrected chi connectivity index (χ3v) is 8.97. The standard InChI is InChI=1S/C38H60N2O6/c1-30(32-18-13-11-14-19-32)45-39-34(3,4)26-38(27-35(39,5)6)43-23-17-22-41-28-36(7,8)40(37(9,10)29-42-24-25-44-38)46-31(2)33-20-15-12-16-21-33/h11-16,18-21,30-31H,17,22-29H2,1-10H3. The molecule has 2 fully saturated rings. The van der Waals surface area contributed by atoms with E-state index >= 15 is 0 Å². The molecule has 258 valence electrons. The predicted octanol–water partition coefficient (Wildman–Crippen LogP) is 8.05. The summed E-state index contributed by atoms with van der Waals surface area (Å²) in [6, 6.07) is 20.7. The molecule has 2 atom stereocenters. The molecule has 8 nitrogen and oxygen atoms in total. The zero-order chi connectivity index (χ0) is 33.6. The quantitative estimate of drug-likeness (QED) is 0.314. The van der Waals surface area contributed by atoms with Crippen molar-refractivity contribution in [2.75, 3.05) is 39.6 Å². The molecule has 2 aromatic carbocycles. The molecule has 4 rings (SSSR count). The third kappa shape index (κ3) is 9.38. The van der Waals surface area contributed by atoms with Crippen molar-refractivity contribution in [3.05, 3.63) is 71.8 Å². The van der Waals surface area contributed by atoms with Crippen molar-refractivity contribution < 1.29 is 28.6 Å². The summed E-state index contributed by atoms with van der Waals surface area (Å²) in [5.41, 5.74) is 0.713. The summed E-state index contributed by atoms with van der Waals surface area (Å²) < 4.78 is 26.0. The first kappa shape index (κ1) is 36.9. The van der Waals surface area contributed by atoms with Crippen LogP contribution in [-0.2, 0) is 28.6 Å². The van der Waals surface area contributed by atoms with E-state index in [1.807, 2.05) is 24.3 Å². The van der Waals surface area contributed by atoms with Crippen molar-refractivity contribution in [1.82, 2.24) is 10.1 Å². The zero-order valence-electron chi connectivity index (χ0n) is 30.1. The van der Waals surface area contributed by atoms with Crippen LogP contribution in [0.4, 0.5) is 0 Å². The number of hydrogen-bond acceptors (Lipinski definition) is 8. The van der Waals surface area contributed by atoms with Gasteiger partial charge >= 0.3 is 0 Å². The molecule has 0 radical (unpaired) electrons. The van der Waals surface area contributed by atoms with E-state index in [4.69, 9.17) is 28.6 Å². The summed E-state index contributed by atoms with van der Waals surface area (Å²) in [4.78, 5) is 13.4. The summed E-state index contributed by atoms with van der Waals surface area (Å²) in [7, 11) is 0. The molecule has 0 saturated carbocycles. The molecule has 8 heteroatoms. The van der Waals surface area contributed by atoms with Crippen LogP contribution < -0.4 is 0 Å². The first-order chi connectivity index (χ1) is 21.6. The van der Waals surface area contributed by atoms with Crippen LogP contribution in [0.15, 0.2) is 60.7 Å². The Balaban J connectivity index is 1.47. The predicted molar refractivity (Wildman–Crippen MR) is 182 cm³/mol. The smallest absolute Gasteiger partial charge is 0.172 e. The van der Waals surface area contributed by atoms with Crippen LogP contribution in [0.5, 0.6) is 0 Å². The van der Waals surface area contributed by atoms with Crippen LogP contribution in [0.1, 0.15) is 112 Å². The topological polar surface area (TPSA) is 61.9 Å². The molecule has 0 aliphatic carbocycles. The van der Waals surface area contributed by atoms with Gasteiger partial charge in [-0.05, 0) is 86.8 Å². The molecular formula is C38H60N2O6. The molecule has 0 N–H and O–H groups in total. The minimum atomic E-state index is -0.776. The lowest BCUT2D eigenvalue weighted by molar-refractivity contribution is -0.369. The van der Waals surface area contributed by atoms with Gasteiger partial charge in [-0.2, -0.15) is 10.1 Å². The van der Waals surface area contributed by atoms with Crippen LogP contribution >= 0.6 is 0 Å². The molecule has 2 unspecified atom stereocenters. The lowest BCUT2D eigenvalue weighted by Crippen LogP contribution is -2.66. The van der Waals surface area contributed by atoms with E-state index < -0.39 is 16.9 Å². The van der Waals surface area contributed by atoms with Crippen LogP contribution in [0.3, 0.4) is 0 Å². The van der Waals surface area contributed by atoms with Gasteiger partial charge in [-0.15, -0.1) is 0 Å². The van der Waals surface area contributed by atoms with Crippen LogP contribution in [0.2, 0.25) is 0 Å². The molecule has 2 aliphatic rings. The first-order valence-corrected chi connectivity index (χ1v) is 17.0. The average molecular weight is 641 g/mol. The maximum absolute atomic E-state index is 6.70. The fraction of sp³-hybridized carbons (Fsp3) is 0.684. The number of piperidine rings is 1. The Morgan fingerprint density at radius 1 is 0.543 bits per heavy atom. The van der Waals surface area contributed by atoms with Gasteiger partial charge in [0, 0.05) is 30.5 Å². The minimum Gasteiger partial charge on any atom is -0.379 e. The lowest BCUT2D eigenvalue weighted by Gasteiger charge is -2.58. The van der Waals surface area contributed by atoms with Gasteiger partial charge in [0.25, 0.3) is 0 Å². The number of rotatable bonds is 6. The summed E-state index contributed by atoms with van der Waals surface area (Å²) >= 11 is 0. The van der Waals surface area contributed by atoms with E-state index in [0.717, 1.165) is 17.5 Å². The molecule has 2 aromatic rings. The fourth-order valence-electron chi connectivity index (χ4n) is 7.33. The Hall–Kier alpha value is -1.88. The number of hydroxylamine groups is 4. The highest BCUT2D eigenvalue weighted by Crippen LogP contribution is 2.47. The second-order valence-corrected chi connectivity index (χ2v) is 15.6. The monoisotopic (exact) mass is 640 g/mol. The summed E-state index contributed by atoms with van der Waals surface area (Å²) in [5.74, 6) is -0.776. The molecule has 0 amide bonds. The van der Waals surface area contributed by atoms with E-state index in [0.29, 0.717) is 52.5 Å². The highest BCUT2D eigenvalue weighted by Gasteiger charge is 2.55. The van der Waals surface area contributed by atoms with Gasteiger partial charge in [0.15, 0.2) is 5.79 Å². The van der Waals surface area contributed by atoms with Crippen molar-refractivity contribution in [3.63, 3.8) is 0 Å².